The van der Waals surface area contributed by atoms with E-state index in [0.717, 1.165) is 18.4 Å². The number of amides is 1. The lowest BCUT2D eigenvalue weighted by Gasteiger charge is -2.03. The van der Waals surface area contributed by atoms with Crippen molar-refractivity contribution >= 4 is 24.5 Å². The standard InChI is InChI=1S/C15H14O2.C14H13NO2.C6H7BO2/c1-17-15(16)14-9-7-13(8-10-14)11-12-5-3-2-4-6-12;16-14(15-17)13-8-6-12(7-9-13)10-11-4-2-1-3-5-11;8-7(9)6-4-2-1-3-5-6/h2-10H,11H2,1H3;1-9,17H,10H2,(H,15,16);1-5,8-9H. The number of hydrogen-bond donors (Lipinski definition) is 4. The topological polar surface area (TPSA) is 116 Å². The van der Waals surface area contributed by atoms with Crippen molar-refractivity contribution in [1.29, 1.82) is 0 Å². The Morgan fingerprint density at radius 1 is 0.581 bits per heavy atom. The predicted octanol–water partition coefficient (Wildman–Crippen LogP) is 4.83. The van der Waals surface area contributed by atoms with Crippen LogP contribution in [0.5, 0.6) is 0 Å². The highest BCUT2D eigenvalue weighted by Gasteiger charge is 2.08. The van der Waals surface area contributed by atoms with E-state index in [1.165, 1.54) is 23.8 Å². The molecule has 0 radical (unpaired) electrons. The fourth-order valence-corrected chi connectivity index (χ4v) is 4.00. The van der Waals surface area contributed by atoms with Crippen LogP contribution < -0.4 is 10.9 Å². The average molecular weight is 575 g/mol. The van der Waals surface area contributed by atoms with Crippen LogP contribution in [0.25, 0.3) is 0 Å². The maximum atomic E-state index is 11.3. The van der Waals surface area contributed by atoms with E-state index in [4.69, 9.17) is 15.3 Å². The molecule has 0 fully saturated rings. The Kier molecular flexibility index (Phi) is 13.4. The van der Waals surface area contributed by atoms with Crippen LogP contribution in [0.15, 0.2) is 140 Å². The number of carbonyl (C=O) groups excluding carboxylic acids is 2. The van der Waals surface area contributed by atoms with Gasteiger partial charge in [-0.25, -0.2) is 10.3 Å². The van der Waals surface area contributed by atoms with Gasteiger partial charge < -0.3 is 14.8 Å². The minimum absolute atomic E-state index is 0.295. The predicted molar refractivity (Wildman–Crippen MR) is 168 cm³/mol. The third kappa shape index (κ3) is 11.4. The second-order valence-corrected chi connectivity index (χ2v) is 9.44. The summed E-state index contributed by atoms with van der Waals surface area (Å²) in [5.74, 6) is -0.785. The molecule has 218 valence electrons. The van der Waals surface area contributed by atoms with Crippen molar-refractivity contribution in [3.63, 3.8) is 0 Å². The van der Waals surface area contributed by atoms with Crippen molar-refractivity contribution in [2.24, 2.45) is 0 Å². The van der Waals surface area contributed by atoms with E-state index in [1.54, 1.807) is 54.0 Å². The molecule has 0 saturated heterocycles. The van der Waals surface area contributed by atoms with Crippen LogP contribution in [0, 0.1) is 0 Å². The van der Waals surface area contributed by atoms with Gasteiger partial charge in [0.15, 0.2) is 0 Å². The Morgan fingerprint density at radius 2 is 0.953 bits per heavy atom. The summed E-state index contributed by atoms with van der Waals surface area (Å²) in [4.78, 5) is 22.4. The number of hydroxylamine groups is 1. The Labute approximate surface area is 252 Å². The van der Waals surface area contributed by atoms with Crippen molar-refractivity contribution in [2.45, 2.75) is 12.8 Å². The molecule has 0 saturated carbocycles. The largest absolute Gasteiger partial charge is 0.488 e. The van der Waals surface area contributed by atoms with Gasteiger partial charge in [-0.3, -0.25) is 10.0 Å². The fourth-order valence-electron chi connectivity index (χ4n) is 4.00. The molecule has 0 aliphatic carbocycles. The zero-order valence-electron chi connectivity index (χ0n) is 23.8. The SMILES string of the molecule is COC(=O)c1ccc(Cc2ccccc2)cc1.O=C(NO)c1ccc(Cc2ccccc2)cc1.OB(O)c1ccccc1. The van der Waals surface area contributed by atoms with Crippen LogP contribution in [-0.4, -0.2) is 41.4 Å². The maximum Gasteiger partial charge on any atom is 0.488 e. The van der Waals surface area contributed by atoms with Gasteiger partial charge in [0.2, 0.25) is 0 Å². The number of esters is 1. The van der Waals surface area contributed by atoms with Crippen molar-refractivity contribution in [2.75, 3.05) is 7.11 Å². The van der Waals surface area contributed by atoms with E-state index >= 15 is 0 Å². The zero-order valence-corrected chi connectivity index (χ0v) is 23.8. The molecular formula is C35H34BNO6. The average Bonchev–Trinajstić information content (AvgIpc) is 3.06. The van der Waals surface area contributed by atoms with Crippen LogP contribution in [0.4, 0.5) is 0 Å². The summed E-state index contributed by atoms with van der Waals surface area (Å²) >= 11 is 0. The summed E-state index contributed by atoms with van der Waals surface area (Å²) < 4.78 is 4.66. The van der Waals surface area contributed by atoms with E-state index in [2.05, 4.69) is 29.0 Å². The van der Waals surface area contributed by atoms with Crippen molar-refractivity contribution in [3.8, 4) is 0 Å². The number of ether oxygens (including phenoxy) is 1. The summed E-state index contributed by atoms with van der Waals surface area (Å²) in [6.07, 6.45) is 1.71. The third-order valence-electron chi connectivity index (χ3n) is 6.29. The van der Waals surface area contributed by atoms with Crippen LogP contribution in [0.1, 0.15) is 43.0 Å². The molecule has 0 aliphatic heterocycles. The summed E-state index contributed by atoms with van der Waals surface area (Å²) in [7, 11) is 0.0476. The molecule has 7 nitrogen and oxygen atoms in total. The molecule has 0 atom stereocenters. The zero-order chi connectivity index (χ0) is 30.9. The van der Waals surface area contributed by atoms with Gasteiger partial charge in [-0.05, 0) is 64.8 Å². The Balaban J connectivity index is 0.000000186. The third-order valence-corrected chi connectivity index (χ3v) is 6.29. The second kappa shape index (κ2) is 17.7. The highest BCUT2D eigenvalue weighted by atomic mass is 16.5. The number of hydrogen-bond acceptors (Lipinski definition) is 6. The lowest BCUT2D eigenvalue weighted by molar-refractivity contribution is 0.0600. The molecule has 0 aliphatic rings. The Hall–Kier alpha value is -5.02. The molecule has 4 N–H and O–H groups in total. The van der Waals surface area contributed by atoms with Gasteiger partial charge >= 0.3 is 13.1 Å². The van der Waals surface area contributed by atoms with E-state index < -0.39 is 13.0 Å². The first-order chi connectivity index (χ1) is 20.9. The van der Waals surface area contributed by atoms with Crippen LogP contribution in [0.3, 0.4) is 0 Å². The van der Waals surface area contributed by atoms with Gasteiger partial charge in [0, 0.05) is 5.56 Å². The molecule has 5 rings (SSSR count). The molecule has 43 heavy (non-hydrogen) atoms. The molecule has 5 aromatic carbocycles. The minimum atomic E-state index is -1.34. The van der Waals surface area contributed by atoms with E-state index in [-0.39, 0.29) is 5.97 Å². The van der Waals surface area contributed by atoms with Crippen molar-refractivity contribution < 1.29 is 29.6 Å². The molecule has 0 spiro atoms. The molecule has 0 bridgehead atoms. The molecule has 1 amide bonds. The first-order valence-corrected chi connectivity index (χ1v) is 13.6. The Bertz CT molecular complexity index is 1420. The fraction of sp³-hybridized carbons (Fsp3) is 0.0857. The van der Waals surface area contributed by atoms with Gasteiger partial charge in [-0.2, -0.15) is 0 Å². The van der Waals surface area contributed by atoms with Gasteiger partial charge in [-0.15, -0.1) is 0 Å². The van der Waals surface area contributed by atoms with Crippen LogP contribution in [-0.2, 0) is 17.6 Å². The van der Waals surface area contributed by atoms with Gasteiger partial charge in [0.1, 0.15) is 0 Å². The lowest BCUT2D eigenvalue weighted by Crippen LogP contribution is -2.29. The number of methoxy groups -OCH3 is 1. The highest BCUT2D eigenvalue weighted by molar-refractivity contribution is 6.58. The van der Waals surface area contributed by atoms with Gasteiger partial charge in [-0.1, -0.05) is 115 Å². The highest BCUT2D eigenvalue weighted by Crippen LogP contribution is 2.12. The van der Waals surface area contributed by atoms with Gasteiger partial charge in [0.25, 0.3) is 5.91 Å². The van der Waals surface area contributed by atoms with Crippen molar-refractivity contribution in [3.05, 3.63) is 173 Å². The molecule has 0 aromatic heterocycles. The summed E-state index contributed by atoms with van der Waals surface area (Å²) in [5.41, 5.74) is 7.98. The number of rotatable bonds is 7. The quantitative estimate of drug-likeness (QED) is 0.0957. The number of benzene rings is 5. The first kappa shape index (κ1) is 32.5. The molecular weight excluding hydrogens is 541 g/mol. The lowest BCUT2D eigenvalue weighted by atomic mass is 9.81. The second-order valence-electron chi connectivity index (χ2n) is 9.44. The van der Waals surface area contributed by atoms with E-state index in [0.29, 0.717) is 16.6 Å². The monoisotopic (exact) mass is 575 g/mol. The number of nitrogens with one attached hydrogen (secondary N) is 1. The van der Waals surface area contributed by atoms with E-state index in [1.807, 2.05) is 66.7 Å². The number of carbonyl (C=O) groups is 2. The maximum absolute atomic E-state index is 11.3. The smallest absolute Gasteiger partial charge is 0.465 e. The Morgan fingerprint density at radius 3 is 1.30 bits per heavy atom. The van der Waals surface area contributed by atoms with Crippen molar-refractivity contribution in [1.82, 2.24) is 5.48 Å². The summed E-state index contributed by atoms with van der Waals surface area (Å²) in [5, 5.41) is 25.7. The van der Waals surface area contributed by atoms with Crippen LogP contribution in [0.2, 0.25) is 0 Å². The first-order valence-electron chi connectivity index (χ1n) is 13.6. The summed E-state index contributed by atoms with van der Waals surface area (Å²) in [6.45, 7) is 0. The van der Waals surface area contributed by atoms with Gasteiger partial charge in [0.05, 0.1) is 12.7 Å². The molecule has 8 heteroatoms. The normalized spacial score (nSPS) is 9.77. The van der Waals surface area contributed by atoms with Crippen LogP contribution >= 0.6 is 0 Å². The minimum Gasteiger partial charge on any atom is -0.465 e. The molecule has 0 unspecified atom stereocenters. The summed E-state index contributed by atoms with van der Waals surface area (Å²) in [6, 6.07) is 43.7. The molecule has 0 heterocycles. The molecule has 5 aromatic rings. The van der Waals surface area contributed by atoms with E-state index in [9.17, 15) is 9.59 Å².